The first kappa shape index (κ1) is 20.9. The van der Waals surface area contributed by atoms with Gasteiger partial charge in [0.15, 0.2) is 6.61 Å². The molecule has 7 nitrogen and oxygen atoms in total. The molecule has 0 bridgehead atoms. The lowest BCUT2D eigenvalue weighted by molar-refractivity contribution is -0.161. The Morgan fingerprint density at radius 2 is 1.68 bits per heavy atom. The number of anilines is 1. The number of piperidine rings is 1. The molecule has 0 N–H and O–H groups in total. The van der Waals surface area contributed by atoms with Crippen LogP contribution in [-0.4, -0.2) is 48.9 Å². The molecule has 2 aliphatic heterocycles. The van der Waals surface area contributed by atoms with E-state index in [1.165, 1.54) is 4.90 Å². The molecule has 1 saturated heterocycles. The molecule has 2 aromatic carbocycles. The van der Waals surface area contributed by atoms with Crippen LogP contribution in [0.1, 0.15) is 37.4 Å². The van der Waals surface area contributed by atoms with Gasteiger partial charge >= 0.3 is 5.97 Å². The number of likely N-dealkylation sites (tertiary alicyclic amines) is 1. The Kier molecular flexibility index (Phi) is 6.50. The van der Waals surface area contributed by atoms with Crippen molar-refractivity contribution in [1.82, 2.24) is 4.90 Å². The van der Waals surface area contributed by atoms with Crippen molar-refractivity contribution >= 4 is 23.5 Å². The van der Waals surface area contributed by atoms with Crippen LogP contribution in [-0.2, 0) is 19.1 Å². The molecule has 2 amide bonds. The third-order valence-electron chi connectivity index (χ3n) is 5.59. The van der Waals surface area contributed by atoms with Crippen LogP contribution in [0.4, 0.5) is 5.69 Å². The van der Waals surface area contributed by atoms with E-state index >= 15 is 0 Å². The standard InChI is InChI=1S/C24H26N2O5/c27-21-17-30-20-12-6-5-11-19(20)26(21)16-13-22(28)31-23(18-9-3-1-4-10-18)24(29)25-14-7-2-8-15-25/h1,3-6,9-12,23H,2,7-8,13-17H2. The second-order valence-corrected chi connectivity index (χ2v) is 7.72. The van der Waals surface area contributed by atoms with Gasteiger partial charge in [0.05, 0.1) is 12.1 Å². The third kappa shape index (κ3) is 4.87. The molecule has 162 valence electrons. The zero-order chi connectivity index (χ0) is 21.6. The normalized spacial score (nSPS) is 16.8. The van der Waals surface area contributed by atoms with Crippen LogP contribution in [0.5, 0.6) is 5.75 Å². The molecule has 4 rings (SSSR count). The fourth-order valence-corrected chi connectivity index (χ4v) is 3.96. The van der Waals surface area contributed by atoms with Gasteiger partial charge in [0, 0.05) is 25.2 Å². The predicted octanol–water partition coefficient (Wildman–Crippen LogP) is 3.10. The molecule has 0 radical (unpaired) electrons. The van der Waals surface area contributed by atoms with E-state index in [-0.39, 0.29) is 31.4 Å². The summed E-state index contributed by atoms with van der Waals surface area (Å²) < 4.78 is 11.1. The van der Waals surface area contributed by atoms with E-state index in [0.29, 0.717) is 30.1 Å². The highest BCUT2D eigenvalue weighted by molar-refractivity contribution is 5.98. The first-order chi connectivity index (χ1) is 15.1. The molecular formula is C24H26N2O5. The number of carbonyl (C=O) groups excluding carboxylic acids is 3. The molecule has 2 aromatic rings. The van der Waals surface area contributed by atoms with Gasteiger partial charge in [-0.1, -0.05) is 42.5 Å². The van der Waals surface area contributed by atoms with Gasteiger partial charge in [-0.05, 0) is 31.4 Å². The predicted molar refractivity (Wildman–Crippen MR) is 115 cm³/mol. The van der Waals surface area contributed by atoms with E-state index in [1.807, 2.05) is 30.3 Å². The fraction of sp³-hybridized carbons (Fsp3) is 0.375. The van der Waals surface area contributed by atoms with E-state index in [1.54, 1.807) is 29.2 Å². The Morgan fingerprint density at radius 3 is 2.45 bits per heavy atom. The maximum atomic E-state index is 13.1. The maximum absolute atomic E-state index is 13.1. The van der Waals surface area contributed by atoms with Crippen LogP contribution in [0.15, 0.2) is 54.6 Å². The van der Waals surface area contributed by atoms with Crippen LogP contribution in [0.2, 0.25) is 0 Å². The number of ether oxygens (including phenoxy) is 2. The molecule has 0 spiro atoms. The number of hydrogen-bond donors (Lipinski definition) is 0. The Balaban J connectivity index is 1.44. The number of amides is 2. The van der Waals surface area contributed by atoms with E-state index in [0.717, 1.165) is 19.3 Å². The molecule has 31 heavy (non-hydrogen) atoms. The molecule has 0 aromatic heterocycles. The van der Waals surface area contributed by atoms with Crippen LogP contribution < -0.4 is 9.64 Å². The summed E-state index contributed by atoms with van der Waals surface area (Å²) in [7, 11) is 0. The van der Waals surface area contributed by atoms with E-state index < -0.39 is 12.1 Å². The van der Waals surface area contributed by atoms with Gasteiger partial charge in [-0.3, -0.25) is 14.4 Å². The van der Waals surface area contributed by atoms with Crippen molar-refractivity contribution in [2.24, 2.45) is 0 Å². The summed E-state index contributed by atoms with van der Waals surface area (Å²) in [4.78, 5) is 41.5. The van der Waals surface area contributed by atoms with E-state index in [9.17, 15) is 14.4 Å². The largest absolute Gasteiger partial charge is 0.482 e. The summed E-state index contributed by atoms with van der Waals surface area (Å²) in [5, 5.41) is 0. The van der Waals surface area contributed by atoms with Gasteiger partial charge in [-0.2, -0.15) is 0 Å². The van der Waals surface area contributed by atoms with Gasteiger partial charge in [-0.15, -0.1) is 0 Å². The fourth-order valence-electron chi connectivity index (χ4n) is 3.96. The summed E-state index contributed by atoms with van der Waals surface area (Å²) in [5.41, 5.74) is 1.29. The second-order valence-electron chi connectivity index (χ2n) is 7.72. The molecule has 2 heterocycles. The van der Waals surface area contributed by atoms with Crippen LogP contribution >= 0.6 is 0 Å². The Morgan fingerprint density at radius 1 is 0.968 bits per heavy atom. The van der Waals surface area contributed by atoms with Crippen molar-refractivity contribution in [3.05, 3.63) is 60.2 Å². The number of benzene rings is 2. The first-order valence-electron chi connectivity index (χ1n) is 10.7. The molecule has 0 aliphatic carbocycles. The van der Waals surface area contributed by atoms with Crippen molar-refractivity contribution in [3.8, 4) is 5.75 Å². The molecule has 1 atom stereocenters. The van der Waals surface area contributed by atoms with Gasteiger partial charge in [0.25, 0.3) is 11.8 Å². The molecule has 2 aliphatic rings. The Labute approximate surface area is 181 Å². The first-order valence-corrected chi connectivity index (χ1v) is 10.7. The zero-order valence-corrected chi connectivity index (χ0v) is 17.4. The molecule has 1 unspecified atom stereocenters. The SMILES string of the molecule is O=C(CCN1C(=O)COc2ccccc21)OC(C(=O)N1CCCCC1)c1ccccc1. The van der Waals surface area contributed by atoms with Gasteiger partial charge in [0.1, 0.15) is 5.75 Å². The average molecular weight is 422 g/mol. The quantitative estimate of drug-likeness (QED) is 0.669. The number of rotatable bonds is 6. The minimum Gasteiger partial charge on any atom is -0.482 e. The van der Waals surface area contributed by atoms with E-state index in [2.05, 4.69) is 0 Å². The number of para-hydroxylation sites is 2. The summed E-state index contributed by atoms with van der Waals surface area (Å²) in [6.45, 7) is 1.46. The van der Waals surface area contributed by atoms with Crippen molar-refractivity contribution in [3.63, 3.8) is 0 Å². The van der Waals surface area contributed by atoms with Gasteiger partial charge in [-0.25, -0.2) is 0 Å². The number of esters is 1. The van der Waals surface area contributed by atoms with E-state index in [4.69, 9.17) is 9.47 Å². The molecule has 7 heteroatoms. The summed E-state index contributed by atoms with van der Waals surface area (Å²) in [6, 6.07) is 16.3. The lowest BCUT2D eigenvalue weighted by Crippen LogP contribution is -2.41. The third-order valence-corrected chi connectivity index (χ3v) is 5.59. The number of carbonyl (C=O) groups is 3. The number of hydrogen-bond acceptors (Lipinski definition) is 5. The van der Waals surface area contributed by atoms with Crippen molar-refractivity contribution in [2.45, 2.75) is 31.8 Å². The highest BCUT2D eigenvalue weighted by atomic mass is 16.5. The topological polar surface area (TPSA) is 76.1 Å². The van der Waals surface area contributed by atoms with Crippen molar-refractivity contribution in [2.75, 3.05) is 31.1 Å². The highest BCUT2D eigenvalue weighted by Crippen LogP contribution is 2.31. The van der Waals surface area contributed by atoms with Crippen LogP contribution in [0, 0.1) is 0 Å². The van der Waals surface area contributed by atoms with Crippen molar-refractivity contribution < 1.29 is 23.9 Å². The summed E-state index contributed by atoms with van der Waals surface area (Å²) in [5.74, 6) is -0.309. The Bertz CT molecular complexity index is 940. The minimum atomic E-state index is -0.973. The smallest absolute Gasteiger partial charge is 0.308 e. The molecule has 0 saturated carbocycles. The minimum absolute atomic E-state index is 0.0172. The summed E-state index contributed by atoms with van der Waals surface area (Å²) >= 11 is 0. The number of fused-ring (bicyclic) bond motifs is 1. The zero-order valence-electron chi connectivity index (χ0n) is 17.4. The lowest BCUT2D eigenvalue weighted by atomic mass is 10.1. The number of nitrogens with zero attached hydrogens (tertiary/aromatic N) is 2. The average Bonchev–Trinajstić information content (AvgIpc) is 2.82. The monoisotopic (exact) mass is 422 g/mol. The maximum Gasteiger partial charge on any atom is 0.308 e. The van der Waals surface area contributed by atoms with Crippen LogP contribution in [0.3, 0.4) is 0 Å². The molecule has 1 fully saturated rings. The van der Waals surface area contributed by atoms with Gasteiger partial charge < -0.3 is 19.3 Å². The second kappa shape index (κ2) is 9.64. The molecular weight excluding hydrogens is 396 g/mol. The van der Waals surface area contributed by atoms with Crippen molar-refractivity contribution in [1.29, 1.82) is 0 Å². The highest BCUT2D eigenvalue weighted by Gasteiger charge is 2.31. The summed E-state index contributed by atoms with van der Waals surface area (Å²) in [6.07, 6.45) is 2.03. The van der Waals surface area contributed by atoms with Crippen LogP contribution in [0.25, 0.3) is 0 Å². The Hall–Kier alpha value is -3.35. The van der Waals surface area contributed by atoms with Gasteiger partial charge in [0.2, 0.25) is 6.10 Å². The lowest BCUT2D eigenvalue weighted by Gasteiger charge is -2.31.